The number of hydrogen-bond donors (Lipinski definition) is 1. The van der Waals surface area contributed by atoms with E-state index < -0.39 is 0 Å². The minimum Gasteiger partial charge on any atom is -0.382 e. The van der Waals surface area contributed by atoms with Gasteiger partial charge in [-0.05, 0) is 43.3 Å². The molecule has 0 radical (unpaired) electrons. The molecular formula is C16H14FN5. The van der Waals surface area contributed by atoms with E-state index in [4.69, 9.17) is 5.73 Å². The minimum atomic E-state index is -0.313. The van der Waals surface area contributed by atoms with E-state index in [9.17, 15) is 4.39 Å². The van der Waals surface area contributed by atoms with Crippen molar-refractivity contribution < 1.29 is 4.39 Å². The Balaban J connectivity index is 1.95. The molecule has 1 aromatic heterocycles. The molecule has 3 rings (SSSR count). The van der Waals surface area contributed by atoms with Gasteiger partial charge in [0.1, 0.15) is 5.82 Å². The molecule has 0 bridgehead atoms. The number of nitrogen functional groups attached to an aromatic ring is 1. The van der Waals surface area contributed by atoms with E-state index in [0.29, 0.717) is 22.9 Å². The highest BCUT2D eigenvalue weighted by atomic mass is 19.1. The van der Waals surface area contributed by atoms with Crippen LogP contribution in [-0.4, -0.2) is 9.78 Å². The van der Waals surface area contributed by atoms with Gasteiger partial charge in [0.25, 0.3) is 0 Å². The quantitative estimate of drug-likeness (QED) is 0.731. The van der Waals surface area contributed by atoms with E-state index in [1.165, 1.54) is 12.1 Å². The summed E-state index contributed by atoms with van der Waals surface area (Å²) in [5, 5.41) is 12.6. The molecule has 3 aromatic rings. The number of aromatic nitrogens is 2. The number of nitrogens with two attached hydrogens (primary N) is 1. The fourth-order valence-corrected chi connectivity index (χ4v) is 2.04. The van der Waals surface area contributed by atoms with Crippen LogP contribution in [0.5, 0.6) is 0 Å². The second-order valence-corrected chi connectivity index (χ2v) is 4.74. The maximum atomic E-state index is 12.9. The Morgan fingerprint density at radius 2 is 1.68 bits per heavy atom. The molecule has 2 aromatic carbocycles. The summed E-state index contributed by atoms with van der Waals surface area (Å²) >= 11 is 0. The molecule has 0 saturated carbocycles. The molecule has 1 heterocycles. The highest BCUT2D eigenvalue weighted by molar-refractivity contribution is 5.64. The average molecular weight is 295 g/mol. The zero-order chi connectivity index (χ0) is 15.5. The lowest BCUT2D eigenvalue weighted by Crippen LogP contribution is -2.01. The van der Waals surface area contributed by atoms with Gasteiger partial charge >= 0.3 is 0 Å². The van der Waals surface area contributed by atoms with Crippen molar-refractivity contribution in [1.29, 1.82) is 0 Å². The number of para-hydroxylation sites is 1. The summed E-state index contributed by atoms with van der Waals surface area (Å²) < 4.78 is 14.5. The molecule has 0 saturated heterocycles. The largest absolute Gasteiger partial charge is 0.382 e. The van der Waals surface area contributed by atoms with E-state index in [-0.39, 0.29) is 5.82 Å². The molecule has 0 aliphatic rings. The standard InChI is InChI=1S/C16H14FN5/c1-11-15(20-19-13-9-7-12(17)8-10-13)16(18)22(21-11)14-5-3-2-4-6-14/h2-10H,18H2,1H3. The summed E-state index contributed by atoms with van der Waals surface area (Å²) in [5.74, 6) is 0.0982. The molecule has 0 atom stereocenters. The molecule has 0 amide bonds. The van der Waals surface area contributed by atoms with Crippen molar-refractivity contribution in [2.45, 2.75) is 6.92 Å². The smallest absolute Gasteiger partial charge is 0.155 e. The highest BCUT2D eigenvalue weighted by Gasteiger charge is 2.13. The first-order valence-corrected chi connectivity index (χ1v) is 6.73. The first-order chi connectivity index (χ1) is 10.6. The number of halogens is 1. The third-order valence-electron chi connectivity index (χ3n) is 3.16. The van der Waals surface area contributed by atoms with Crippen molar-refractivity contribution in [3.05, 3.63) is 66.1 Å². The van der Waals surface area contributed by atoms with Crippen LogP contribution in [0.1, 0.15) is 5.69 Å². The predicted molar refractivity (Wildman–Crippen MR) is 83.3 cm³/mol. The van der Waals surface area contributed by atoms with E-state index in [2.05, 4.69) is 15.3 Å². The number of nitrogens with zero attached hydrogens (tertiary/aromatic N) is 4. The van der Waals surface area contributed by atoms with Crippen LogP contribution >= 0.6 is 0 Å². The fourth-order valence-electron chi connectivity index (χ4n) is 2.04. The first-order valence-electron chi connectivity index (χ1n) is 6.73. The topological polar surface area (TPSA) is 68.6 Å². The van der Waals surface area contributed by atoms with Crippen LogP contribution < -0.4 is 5.73 Å². The molecule has 5 nitrogen and oxygen atoms in total. The summed E-state index contributed by atoms with van der Waals surface area (Å²) in [6.07, 6.45) is 0. The SMILES string of the molecule is Cc1nn(-c2ccccc2)c(N)c1N=Nc1ccc(F)cc1. The van der Waals surface area contributed by atoms with Gasteiger partial charge in [0, 0.05) is 0 Å². The van der Waals surface area contributed by atoms with E-state index in [1.54, 1.807) is 16.8 Å². The van der Waals surface area contributed by atoms with Crippen LogP contribution in [0.25, 0.3) is 5.69 Å². The monoisotopic (exact) mass is 295 g/mol. The van der Waals surface area contributed by atoms with Crippen molar-refractivity contribution >= 4 is 17.2 Å². The Bertz CT molecular complexity index is 807. The number of rotatable bonds is 3. The minimum absolute atomic E-state index is 0.313. The summed E-state index contributed by atoms with van der Waals surface area (Å²) in [7, 11) is 0. The molecule has 0 spiro atoms. The Labute approximate surface area is 126 Å². The predicted octanol–water partition coefficient (Wildman–Crippen LogP) is 4.32. The van der Waals surface area contributed by atoms with E-state index in [0.717, 1.165) is 5.69 Å². The Morgan fingerprint density at radius 3 is 2.36 bits per heavy atom. The van der Waals surface area contributed by atoms with Gasteiger partial charge in [0.2, 0.25) is 0 Å². The van der Waals surface area contributed by atoms with Crippen LogP contribution in [0.4, 0.5) is 21.6 Å². The summed E-state index contributed by atoms with van der Waals surface area (Å²) in [6, 6.07) is 15.3. The molecule has 2 N–H and O–H groups in total. The number of azo groups is 1. The lowest BCUT2D eigenvalue weighted by Gasteiger charge is -2.02. The zero-order valence-electron chi connectivity index (χ0n) is 11.9. The molecule has 0 aliphatic carbocycles. The van der Waals surface area contributed by atoms with Gasteiger partial charge in [0.15, 0.2) is 11.5 Å². The Morgan fingerprint density at radius 1 is 1.00 bits per heavy atom. The summed E-state index contributed by atoms with van der Waals surface area (Å²) in [5.41, 5.74) is 8.69. The van der Waals surface area contributed by atoms with Gasteiger partial charge < -0.3 is 5.73 Å². The van der Waals surface area contributed by atoms with Crippen LogP contribution in [0, 0.1) is 12.7 Å². The first kappa shape index (κ1) is 13.9. The molecule has 0 unspecified atom stereocenters. The van der Waals surface area contributed by atoms with E-state index in [1.807, 2.05) is 37.3 Å². The lowest BCUT2D eigenvalue weighted by atomic mass is 10.3. The van der Waals surface area contributed by atoms with Crippen LogP contribution in [0.15, 0.2) is 64.8 Å². The van der Waals surface area contributed by atoms with Crippen LogP contribution in [-0.2, 0) is 0 Å². The zero-order valence-corrected chi connectivity index (χ0v) is 11.9. The van der Waals surface area contributed by atoms with Gasteiger partial charge in [-0.15, -0.1) is 5.11 Å². The van der Waals surface area contributed by atoms with Gasteiger partial charge in [-0.1, -0.05) is 18.2 Å². The van der Waals surface area contributed by atoms with Crippen molar-refractivity contribution in [2.24, 2.45) is 10.2 Å². The number of anilines is 1. The van der Waals surface area contributed by atoms with Gasteiger partial charge in [-0.2, -0.15) is 10.2 Å². The fraction of sp³-hybridized carbons (Fsp3) is 0.0625. The molecule has 0 fully saturated rings. The van der Waals surface area contributed by atoms with Crippen molar-refractivity contribution in [3.63, 3.8) is 0 Å². The van der Waals surface area contributed by atoms with Gasteiger partial charge in [-0.3, -0.25) is 0 Å². The maximum absolute atomic E-state index is 12.9. The van der Waals surface area contributed by atoms with Crippen molar-refractivity contribution in [1.82, 2.24) is 9.78 Å². The second kappa shape index (κ2) is 5.77. The number of benzene rings is 2. The highest BCUT2D eigenvalue weighted by Crippen LogP contribution is 2.30. The maximum Gasteiger partial charge on any atom is 0.155 e. The molecule has 110 valence electrons. The lowest BCUT2D eigenvalue weighted by molar-refractivity contribution is 0.628. The Hall–Kier alpha value is -3.02. The van der Waals surface area contributed by atoms with Crippen LogP contribution in [0.3, 0.4) is 0 Å². The molecule has 22 heavy (non-hydrogen) atoms. The van der Waals surface area contributed by atoms with Gasteiger partial charge in [-0.25, -0.2) is 9.07 Å². The van der Waals surface area contributed by atoms with Crippen LogP contribution in [0.2, 0.25) is 0 Å². The summed E-state index contributed by atoms with van der Waals surface area (Å²) in [6.45, 7) is 1.81. The second-order valence-electron chi connectivity index (χ2n) is 4.74. The number of hydrogen-bond acceptors (Lipinski definition) is 4. The normalized spacial score (nSPS) is 11.2. The average Bonchev–Trinajstić information content (AvgIpc) is 2.82. The van der Waals surface area contributed by atoms with Crippen molar-refractivity contribution in [3.8, 4) is 5.69 Å². The Kier molecular flexibility index (Phi) is 3.65. The third kappa shape index (κ3) is 2.71. The molecule has 0 aliphatic heterocycles. The van der Waals surface area contributed by atoms with Crippen molar-refractivity contribution in [2.75, 3.05) is 5.73 Å². The number of aryl methyl sites for hydroxylation is 1. The molecule has 6 heteroatoms. The summed E-state index contributed by atoms with van der Waals surface area (Å²) in [4.78, 5) is 0. The third-order valence-corrected chi connectivity index (χ3v) is 3.16. The van der Waals surface area contributed by atoms with E-state index >= 15 is 0 Å². The van der Waals surface area contributed by atoms with Gasteiger partial charge in [0.05, 0.1) is 17.1 Å². The molecular weight excluding hydrogens is 281 g/mol.